The van der Waals surface area contributed by atoms with Crippen molar-refractivity contribution in [2.45, 2.75) is 57.7 Å². The van der Waals surface area contributed by atoms with Crippen LogP contribution in [0.3, 0.4) is 0 Å². The number of carbonyl (C=O) groups is 2. The van der Waals surface area contributed by atoms with Gasteiger partial charge in [-0.2, -0.15) is 0 Å². The fraction of sp³-hybridized carbons (Fsp3) is 0.533. The number of carboxylic acids is 1. The third-order valence-corrected chi connectivity index (χ3v) is 8.45. The molecule has 2 heterocycles. The van der Waals surface area contributed by atoms with Crippen LogP contribution in [-0.4, -0.2) is 81.6 Å². The van der Waals surface area contributed by atoms with Crippen LogP contribution < -0.4 is 0 Å². The number of rotatable bonds is 7. The van der Waals surface area contributed by atoms with Crippen molar-refractivity contribution in [3.8, 4) is 5.75 Å². The third-order valence-electron chi connectivity index (χ3n) is 8.45. The summed E-state index contributed by atoms with van der Waals surface area (Å²) in [6, 6.07) is 16.0. The Hall–Kier alpha value is -2.90. The molecule has 3 aliphatic rings. The minimum atomic E-state index is -0.774. The summed E-state index contributed by atoms with van der Waals surface area (Å²) in [4.78, 5) is 31.7. The summed E-state index contributed by atoms with van der Waals surface area (Å²) in [7, 11) is 0. The lowest BCUT2D eigenvalue weighted by molar-refractivity contribution is -0.143. The number of aliphatic carboxylic acids is 1. The largest absolute Gasteiger partial charge is 0.508 e. The molecule has 5 rings (SSSR count). The van der Waals surface area contributed by atoms with Gasteiger partial charge in [-0.1, -0.05) is 24.3 Å². The van der Waals surface area contributed by atoms with Gasteiger partial charge in [0.1, 0.15) is 5.75 Å². The highest BCUT2D eigenvalue weighted by Crippen LogP contribution is 2.37. The number of likely N-dealkylation sites (tertiary alicyclic amines) is 1. The van der Waals surface area contributed by atoms with Crippen LogP contribution in [-0.2, 0) is 4.79 Å². The van der Waals surface area contributed by atoms with Gasteiger partial charge in [0.25, 0.3) is 5.91 Å². The number of benzene rings is 2. The number of carbonyl (C=O) groups excluding carboxylic acids is 1. The summed E-state index contributed by atoms with van der Waals surface area (Å²) in [5.74, 6) is -0.0948. The Labute approximate surface area is 219 Å². The van der Waals surface area contributed by atoms with Crippen LogP contribution in [0.5, 0.6) is 5.75 Å². The number of hydrogen-bond acceptors (Lipinski definition) is 5. The molecule has 2 saturated heterocycles. The Balaban J connectivity index is 1.41. The van der Waals surface area contributed by atoms with E-state index in [1.54, 1.807) is 11.0 Å². The zero-order chi connectivity index (χ0) is 26.1. The van der Waals surface area contributed by atoms with Gasteiger partial charge in [-0.15, -0.1) is 0 Å². The second-order valence-electron chi connectivity index (χ2n) is 11.3. The van der Waals surface area contributed by atoms with Crippen molar-refractivity contribution in [2.24, 2.45) is 11.8 Å². The van der Waals surface area contributed by atoms with E-state index in [2.05, 4.69) is 35.8 Å². The van der Waals surface area contributed by atoms with Crippen molar-refractivity contribution < 1.29 is 19.8 Å². The lowest BCUT2D eigenvalue weighted by Gasteiger charge is -2.48. The first-order valence-electron chi connectivity index (χ1n) is 13.7. The van der Waals surface area contributed by atoms with Crippen LogP contribution in [0.1, 0.15) is 67.1 Å². The van der Waals surface area contributed by atoms with Gasteiger partial charge in [0.05, 0.1) is 12.0 Å². The molecule has 2 N–H and O–H groups in total. The van der Waals surface area contributed by atoms with E-state index in [9.17, 15) is 19.8 Å². The van der Waals surface area contributed by atoms with Crippen LogP contribution >= 0.6 is 0 Å². The number of piperidine rings is 1. The predicted molar refractivity (Wildman–Crippen MR) is 143 cm³/mol. The molecule has 0 bridgehead atoms. The molecule has 0 radical (unpaired) electrons. The first kappa shape index (κ1) is 25.7. The minimum absolute atomic E-state index is 0.0454. The second-order valence-corrected chi connectivity index (χ2v) is 11.3. The zero-order valence-electron chi connectivity index (χ0n) is 21.9. The van der Waals surface area contributed by atoms with E-state index in [-0.39, 0.29) is 23.6 Å². The molecular formula is C30H39N3O4. The van der Waals surface area contributed by atoms with E-state index < -0.39 is 5.97 Å². The van der Waals surface area contributed by atoms with E-state index in [0.29, 0.717) is 43.6 Å². The average Bonchev–Trinajstić information content (AvgIpc) is 3.71. The van der Waals surface area contributed by atoms with Crippen LogP contribution in [0, 0.1) is 11.8 Å². The van der Waals surface area contributed by atoms with Crippen molar-refractivity contribution >= 4 is 11.9 Å². The smallest absolute Gasteiger partial charge is 0.306 e. The number of phenols is 1. The van der Waals surface area contributed by atoms with Crippen molar-refractivity contribution in [3.05, 3.63) is 65.2 Å². The van der Waals surface area contributed by atoms with Crippen molar-refractivity contribution in [1.29, 1.82) is 0 Å². The average molecular weight is 506 g/mol. The molecule has 2 aromatic rings. The summed E-state index contributed by atoms with van der Waals surface area (Å²) < 4.78 is 0. The van der Waals surface area contributed by atoms with Crippen LogP contribution in [0.2, 0.25) is 0 Å². The number of nitrogens with zero attached hydrogens (tertiary/aromatic N) is 3. The monoisotopic (exact) mass is 505 g/mol. The number of piperazine rings is 1. The molecule has 2 aliphatic heterocycles. The Morgan fingerprint density at radius 3 is 2.24 bits per heavy atom. The highest BCUT2D eigenvalue weighted by atomic mass is 16.4. The highest BCUT2D eigenvalue weighted by molar-refractivity contribution is 5.94. The molecule has 3 fully saturated rings. The molecule has 37 heavy (non-hydrogen) atoms. The zero-order valence-corrected chi connectivity index (χ0v) is 21.9. The molecule has 1 saturated carbocycles. The lowest BCUT2D eigenvalue weighted by Crippen LogP contribution is -2.57. The topological polar surface area (TPSA) is 84.3 Å². The van der Waals surface area contributed by atoms with E-state index in [4.69, 9.17) is 0 Å². The second kappa shape index (κ2) is 10.8. The highest BCUT2D eigenvalue weighted by Gasteiger charge is 2.37. The Morgan fingerprint density at radius 2 is 1.59 bits per heavy atom. The third kappa shape index (κ3) is 5.83. The van der Waals surface area contributed by atoms with E-state index in [1.165, 1.54) is 19.4 Å². The first-order chi connectivity index (χ1) is 17.8. The number of carboxylic acid groups (broad SMARTS) is 1. The maximum Gasteiger partial charge on any atom is 0.306 e. The standard InChI is InChI=1S/C30H39N3O4/c1-20-18-33(21(2)17-32(20)19-22-9-10-22)28(25-6-4-8-27(34)16-25)24-5-3-7-26(15-24)29(35)31-13-11-23(12-14-31)30(36)37/h3-8,15-16,20-23,28,34H,9-14,17-19H2,1-2H3,(H,36,37)/t20?,21?,28-/m1/s1. The molecule has 2 aromatic carbocycles. The summed E-state index contributed by atoms with van der Waals surface area (Å²) in [5.41, 5.74) is 2.68. The maximum absolute atomic E-state index is 13.4. The fourth-order valence-electron chi connectivity index (χ4n) is 6.10. The van der Waals surface area contributed by atoms with Crippen LogP contribution in [0.25, 0.3) is 0 Å². The summed E-state index contributed by atoms with van der Waals surface area (Å²) in [6.07, 6.45) is 3.69. The van der Waals surface area contributed by atoms with Crippen molar-refractivity contribution in [3.63, 3.8) is 0 Å². The van der Waals surface area contributed by atoms with Gasteiger partial charge in [0, 0.05) is 50.4 Å². The summed E-state index contributed by atoms with van der Waals surface area (Å²) >= 11 is 0. The van der Waals surface area contributed by atoms with Gasteiger partial charge >= 0.3 is 5.97 Å². The number of amides is 1. The SMILES string of the molecule is CC1CN([C@@H](c2cccc(O)c2)c2cccc(C(=O)N3CCC(C(=O)O)CC3)c2)C(C)CN1CC1CC1. The Kier molecular flexibility index (Phi) is 7.54. The normalized spacial score (nSPS) is 24.6. The van der Waals surface area contributed by atoms with Crippen molar-refractivity contribution in [2.75, 3.05) is 32.7 Å². The van der Waals surface area contributed by atoms with Crippen LogP contribution in [0.15, 0.2) is 48.5 Å². The minimum Gasteiger partial charge on any atom is -0.508 e. The first-order valence-corrected chi connectivity index (χ1v) is 13.7. The van der Waals surface area contributed by atoms with Gasteiger partial charge in [-0.3, -0.25) is 19.4 Å². The van der Waals surface area contributed by atoms with Gasteiger partial charge in [0.2, 0.25) is 0 Å². The predicted octanol–water partition coefficient (Wildman–Crippen LogP) is 4.22. The van der Waals surface area contributed by atoms with Gasteiger partial charge in [-0.05, 0) is 80.8 Å². The maximum atomic E-state index is 13.4. The Bertz CT molecular complexity index is 1130. The molecule has 7 heteroatoms. The summed E-state index contributed by atoms with van der Waals surface area (Å²) in [5, 5.41) is 19.6. The fourth-order valence-corrected chi connectivity index (χ4v) is 6.10. The molecule has 2 unspecified atom stereocenters. The van der Waals surface area contributed by atoms with E-state index >= 15 is 0 Å². The molecule has 198 valence electrons. The van der Waals surface area contributed by atoms with Gasteiger partial charge < -0.3 is 15.1 Å². The quantitative estimate of drug-likeness (QED) is 0.586. The number of aromatic hydroxyl groups is 1. The molecule has 0 aromatic heterocycles. The number of hydrogen-bond donors (Lipinski definition) is 2. The molecule has 0 spiro atoms. The molecule has 1 amide bonds. The van der Waals surface area contributed by atoms with Crippen LogP contribution in [0.4, 0.5) is 0 Å². The Morgan fingerprint density at radius 1 is 0.919 bits per heavy atom. The van der Waals surface area contributed by atoms with E-state index in [0.717, 1.165) is 30.1 Å². The van der Waals surface area contributed by atoms with Gasteiger partial charge in [0.15, 0.2) is 0 Å². The molecular weight excluding hydrogens is 466 g/mol. The summed E-state index contributed by atoms with van der Waals surface area (Å²) in [6.45, 7) is 8.61. The molecule has 1 aliphatic carbocycles. The number of phenolic OH excluding ortho intramolecular Hbond substituents is 1. The molecule has 3 atom stereocenters. The van der Waals surface area contributed by atoms with E-state index in [1.807, 2.05) is 30.3 Å². The van der Waals surface area contributed by atoms with Gasteiger partial charge in [-0.25, -0.2) is 0 Å². The lowest BCUT2D eigenvalue weighted by atomic mass is 9.92. The molecule has 7 nitrogen and oxygen atoms in total. The van der Waals surface area contributed by atoms with Crippen molar-refractivity contribution in [1.82, 2.24) is 14.7 Å².